The van der Waals surface area contributed by atoms with Crippen molar-refractivity contribution in [3.8, 4) is 0 Å². The number of ether oxygens (including phenoxy) is 1. The average Bonchev–Trinajstić information content (AvgIpc) is 3.18. The van der Waals surface area contributed by atoms with Crippen molar-refractivity contribution in [1.29, 1.82) is 0 Å². The van der Waals surface area contributed by atoms with Crippen LogP contribution in [-0.2, 0) is 4.74 Å². The molecule has 2 aliphatic carbocycles. The van der Waals surface area contributed by atoms with Crippen LogP contribution in [0.25, 0.3) is 21.6 Å². The fourth-order valence-corrected chi connectivity index (χ4v) is 4.78. The second-order valence-corrected chi connectivity index (χ2v) is 7.86. The van der Waals surface area contributed by atoms with E-state index in [0.717, 1.165) is 6.42 Å². The molecule has 2 aromatic heterocycles. The van der Waals surface area contributed by atoms with Gasteiger partial charge in [0.2, 0.25) is 0 Å². The lowest BCUT2D eigenvalue weighted by atomic mass is 10.00. The Balaban J connectivity index is 1.40. The molecule has 9 nitrogen and oxygen atoms in total. The first-order valence-corrected chi connectivity index (χ1v) is 9.61. The van der Waals surface area contributed by atoms with Crippen LogP contribution in [0.5, 0.6) is 0 Å². The molecule has 0 amide bonds. The van der Waals surface area contributed by atoms with Gasteiger partial charge in [0.15, 0.2) is 10.8 Å². The summed E-state index contributed by atoms with van der Waals surface area (Å²) >= 11 is 6.12. The van der Waals surface area contributed by atoms with Crippen LogP contribution in [0.3, 0.4) is 0 Å². The van der Waals surface area contributed by atoms with Crippen molar-refractivity contribution in [1.82, 2.24) is 19.5 Å². The molecule has 29 heavy (non-hydrogen) atoms. The van der Waals surface area contributed by atoms with Gasteiger partial charge in [0.25, 0.3) is 0 Å². The van der Waals surface area contributed by atoms with Crippen LogP contribution in [-0.4, -0.2) is 38.1 Å². The number of halogens is 1. The molecule has 4 atom stereocenters. The zero-order valence-electron chi connectivity index (χ0n) is 15.2. The summed E-state index contributed by atoms with van der Waals surface area (Å²) in [4.78, 5) is 28.0. The van der Waals surface area contributed by atoms with E-state index in [0.29, 0.717) is 28.3 Å². The summed E-state index contributed by atoms with van der Waals surface area (Å²) in [6.45, 7) is 0.216. The number of aromatic nitrogens is 4. The number of fused-ring (bicyclic) bond motifs is 2. The fraction of sp³-hybridized carbons (Fsp3) is 0.368. The molecule has 2 fully saturated rings. The van der Waals surface area contributed by atoms with Crippen molar-refractivity contribution in [2.24, 2.45) is 16.4 Å². The third-order valence-electron chi connectivity index (χ3n) is 6.12. The van der Waals surface area contributed by atoms with Gasteiger partial charge in [0.05, 0.1) is 18.5 Å². The molecule has 0 spiro atoms. The highest BCUT2D eigenvalue weighted by molar-refractivity contribution is 6.33. The lowest BCUT2D eigenvalue weighted by Crippen LogP contribution is -2.24. The van der Waals surface area contributed by atoms with Gasteiger partial charge in [0, 0.05) is 22.4 Å². The molecule has 0 unspecified atom stereocenters. The number of nitrogens with zero attached hydrogens (tertiary/aromatic N) is 7. The maximum atomic E-state index is 12.4. The minimum atomic E-state index is -0.374. The predicted octanol–water partition coefficient (Wildman–Crippen LogP) is 3.97. The van der Waals surface area contributed by atoms with Gasteiger partial charge in [0.1, 0.15) is 11.8 Å². The molecule has 1 aromatic carbocycles. The number of benzene rings is 1. The van der Waals surface area contributed by atoms with Gasteiger partial charge in [-0.25, -0.2) is 19.7 Å². The van der Waals surface area contributed by atoms with Crippen molar-refractivity contribution >= 4 is 28.7 Å². The van der Waals surface area contributed by atoms with Gasteiger partial charge in [-0.05, 0) is 36.4 Å². The molecule has 2 saturated carbocycles. The van der Waals surface area contributed by atoms with E-state index in [1.54, 1.807) is 30.6 Å². The number of imidazole rings is 1. The van der Waals surface area contributed by atoms with E-state index in [1.807, 2.05) is 10.6 Å². The summed E-state index contributed by atoms with van der Waals surface area (Å²) in [5.74, 6) is -0.172. The van der Waals surface area contributed by atoms with Crippen molar-refractivity contribution in [2.45, 2.75) is 24.9 Å². The number of esters is 1. The maximum Gasteiger partial charge on any atom is 0.338 e. The Morgan fingerprint density at radius 2 is 2.17 bits per heavy atom. The van der Waals surface area contributed by atoms with Crippen molar-refractivity contribution < 1.29 is 9.53 Å². The smallest absolute Gasteiger partial charge is 0.338 e. The Labute approximate surface area is 170 Å². The number of carbonyl (C=O) groups excluding carboxylic acids is 1. The number of hydrogen-bond acceptors (Lipinski definition) is 6. The third-order valence-corrected chi connectivity index (χ3v) is 6.39. The molecule has 146 valence electrons. The molecule has 2 aliphatic rings. The van der Waals surface area contributed by atoms with E-state index >= 15 is 0 Å². The van der Waals surface area contributed by atoms with Gasteiger partial charge < -0.3 is 9.30 Å². The van der Waals surface area contributed by atoms with Crippen LogP contribution in [0, 0.1) is 11.3 Å². The Bertz CT molecular complexity index is 1140. The lowest BCUT2D eigenvalue weighted by Gasteiger charge is -2.19. The lowest BCUT2D eigenvalue weighted by molar-refractivity contribution is 0.0395. The Hall–Kier alpha value is -3.16. The number of rotatable bonds is 5. The van der Waals surface area contributed by atoms with Crippen LogP contribution in [0.4, 0.5) is 0 Å². The monoisotopic (exact) mass is 409 g/mol. The maximum absolute atomic E-state index is 12.4. The van der Waals surface area contributed by atoms with Crippen LogP contribution < -0.4 is 0 Å². The summed E-state index contributed by atoms with van der Waals surface area (Å²) in [6.07, 6.45) is 4.55. The van der Waals surface area contributed by atoms with Gasteiger partial charge in [-0.15, -0.1) is 0 Å². The minimum absolute atomic E-state index is 0.0388. The summed E-state index contributed by atoms with van der Waals surface area (Å²) in [7, 11) is 0. The molecule has 5 rings (SSSR count). The standard InChI is InChI=1S/C19H16ClN7O2/c20-16-15-17(23-9-22-16)27(10-24-15)13-6-14(25-26-21)19(7-12(13)19)8-29-18(28)11-4-2-1-3-5-11/h1-5,9-10,12-14H,6-8H2/t12-,13+,14+,19+/m1/s1. The van der Waals surface area contributed by atoms with Crippen molar-refractivity contribution in [2.75, 3.05) is 6.61 Å². The molecule has 0 aliphatic heterocycles. The molecule has 3 aromatic rings. The van der Waals surface area contributed by atoms with E-state index in [4.69, 9.17) is 21.9 Å². The fourth-order valence-electron chi connectivity index (χ4n) is 4.60. The highest BCUT2D eigenvalue weighted by atomic mass is 35.5. The second-order valence-electron chi connectivity index (χ2n) is 7.50. The largest absolute Gasteiger partial charge is 0.461 e. The van der Waals surface area contributed by atoms with Crippen LogP contribution in [0.15, 0.2) is 48.1 Å². The number of hydrogen-bond donors (Lipinski definition) is 0. The predicted molar refractivity (Wildman–Crippen MR) is 104 cm³/mol. The highest BCUT2D eigenvalue weighted by Gasteiger charge is 2.68. The highest BCUT2D eigenvalue weighted by Crippen LogP contribution is 2.68. The quantitative estimate of drug-likeness (QED) is 0.207. The Morgan fingerprint density at radius 3 is 2.97 bits per heavy atom. The molecule has 0 radical (unpaired) electrons. The first kappa shape index (κ1) is 17.9. The third kappa shape index (κ3) is 2.82. The Kier molecular flexibility index (Phi) is 4.15. The molecule has 10 heteroatoms. The van der Waals surface area contributed by atoms with E-state index < -0.39 is 0 Å². The van der Waals surface area contributed by atoms with Gasteiger partial charge in [-0.2, -0.15) is 0 Å². The first-order valence-electron chi connectivity index (χ1n) is 9.23. The summed E-state index contributed by atoms with van der Waals surface area (Å²) < 4.78 is 7.59. The van der Waals surface area contributed by atoms with Gasteiger partial charge in [-0.1, -0.05) is 34.9 Å². The van der Waals surface area contributed by atoms with E-state index in [-0.39, 0.29) is 36.0 Å². The SMILES string of the molecule is [N-]=[N+]=N[C@H]1C[C@H](n2cnc3c(Cl)ncnc32)[C@H]2C[C@@]12COC(=O)c1ccccc1. The van der Waals surface area contributed by atoms with Crippen molar-refractivity contribution in [3.05, 3.63) is 64.1 Å². The topological polar surface area (TPSA) is 119 Å². The second kappa shape index (κ2) is 6.72. The van der Waals surface area contributed by atoms with Gasteiger partial charge >= 0.3 is 5.97 Å². The summed E-state index contributed by atoms with van der Waals surface area (Å²) in [5, 5.41) is 4.33. The van der Waals surface area contributed by atoms with E-state index in [2.05, 4.69) is 25.0 Å². The molecule has 0 bridgehead atoms. The van der Waals surface area contributed by atoms with Crippen LogP contribution in [0.1, 0.15) is 29.2 Å². The average molecular weight is 410 g/mol. The van der Waals surface area contributed by atoms with Crippen LogP contribution >= 0.6 is 11.6 Å². The number of azide groups is 1. The molecule has 0 N–H and O–H groups in total. The number of carbonyl (C=O) groups is 1. The Morgan fingerprint density at radius 1 is 1.34 bits per heavy atom. The molecule has 2 heterocycles. The normalized spacial score (nSPS) is 27.3. The van der Waals surface area contributed by atoms with Crippen molar-refractivity contribution in [3.63, 3.8) is 0 Å². The summed E-state index contributed by atoms with van der Waals surface area (Å²) in [6, 6.07) is 8.64. The zero-order valence-corrected chi connectivity index (χ0v) is 16.0. The zero-order chi connectivity index (χ0) is 20.0. The molecule has 0 saturated heterocycles. The van der Waals surface area contributed by atoms with E-state index in [9.17, 15) is 4.79 Å². The van der Waals surface area contributed by atoms with E-state index in [1.165, 1.54) is 6.33 Å². The molecular formula is C19H16ClN7O2. The van der Waals surface area contributed by atoms with Crippen LogP contribution in [0.2, 0.25) is 5.15 Å². The first-order chi connectivity index (χ1) is 14.1. The summed E-state index contributed by atoms with van der Waals surface area (Å²) in [5.41, 5.74) is 10.4. The van der Waals surface area contributed by atoms with Gasteiger partial charge in [-0.3, -0.25) is 0 Å². The molecular weight excluding hydrogens is 394 g/mol. The minimum Gasteiger partial charge on any atom is -0.461 e.